The first-order valence-electron chi connectivity index (χ1n) is 7.43. The summed E-state index contributed by atoms with van der Waals surface area (Å²) in [4.78, 5) is 0. The van der Waals surface area contributed by atoms with Gasteiger partial charge in [0, 0.05) is 17.2 Å². The number of pyridine rings is 1. The normalized spacial score (nSPS) is 11.7. The molecule has 0 N–H and O–H groups in total. The zero-order valence-electron chi connectivity index (χ0n) is 13.6. The molecule has 106 valence electrons. The molecule has 0 radical (unpaired) electrons. The van der Waals surface area contributed by atoms with E-state index in [4.69, 9.17) is 0 Å². The minimum absolute atomic E-state index is 0.235. The summed E-state index contributed by atoms with van der Waals surface area (Å²) in [5.41, 5.74) is 6.88. The SMILES string of the molecule is CCC(C)(C)c1ccc(-c2ccc(C)cc2C)[n+](C)c1. The maximum absolute atomic E-state index is 2.30. The fraction of sp³-hybridized carbons (Fsp3) is 0.421. The number of hydrogen-bond acceptors (Lipinski definition) is 0. The zero-order chi connectivity index (χ0) is 14.9. The van der Waals surface area contributed by atoms with Gasteiger partial charge in [-0.1, -0.05) is 38.5 Å². The Morgan fingerprint density at radius 2 is 1.75 bits per heavy atom. The molecule has 0 amide bonds. The predicted octanol–water partition coefficient (Wildman–Crippen LogP) is 4.48. The minimum Gasteiger partial charge on any atom is -0.201 e. The predicted molar refractivity (Wildman–Crippen MR) is 85.8 cm³/mol. The Hall–Kier alpha value is -1.63. The van der Waals surface area contributed by atoms with E-state index in [1.165, 1.54) is 27.9 Å². The molecule has 1 heterocycles. The molecular weight excluding hydrogens is 242 g/mol. The molecule has 0 aliphatic carbocycles. The highest BCUT2D eigenvalue weighted by atomic mass is 14.9. The van der Waals surface area contributed by atoms with Crippen LogP contribution >= 0.6 is 0 Å². The van der Waals surface area contributed by atoms with Gasteiger partial charge in [-0.15, -0.1) is 0 Å². The summed E-state index contributed by atoms with van der Waals surface area (Å²) in [6, 6.07) is 11.2. The van der Waals surface area contributed by atoms with Crippen LogP contribution in [0.25, 0.3) is 11.3 Å². The van der Waals surface area contributed by atoms with Gasteiger partial charge in [-0.3, -0.25) is 0 Å². The third kappa shape index (κ3) is 2.77. The average Bonchev–Trinajstić information content (AvgIpc) is 2.39. The van der Waals surface area contributed by atoms with Gasteiger partial charge >= 0.3 is 0 Å². The third-order valence-electron chi connectivity index (χ3n) is 4.46. The fourth-order valence-electron chi connectivity index (χ4n) is 2.59. The number of rotatable bonds is 3. The summed E-state index contributed by atoms with van der Waals surface area (Å²) >= 11 is 0. The molecule has 1 nitrogen and oxygen atoms in total. The Morgan fingerprint density at radius 3 is 2.30 bits per heavy atom. The Bertz CT molecular complexity index is 624. The van der Waals surface area contributed by atoms with E-state index in [1.807, 2.05) is 0 Å². The molecule has 0 saturated carbocycles. The second kappa shape index (κ2) is 5.40. The van der Waals surface area contributed by atoms with Gasteiger partial charge in [0.1, 0.15) is 7.05 Å². The van der Waals surface area contributed by atoms with Crippen LogP contribution in [0.15, 0.2) is 36.5 Å². The van der Waals surface area contributed by atoms with Gasteiger partial charge in [0.15, 0.2) is 6.20 Å². The molecule has 0 atom stereocenters. The van der Waals surface area contributed by atoms with E-state index in [2.05, 4.69) is 82.8 Å². The third-order valence-corrected chi connectivity index (χ3v) is 4.46. The van der Waals surface area contributed by atoms with E-state index >= 15 is 0 Å². The quantitative estimate of drug-likeness (QED) is 0.722. The highest BCUT2D eigenvalue weighted by molar-refractivity contribution is 5.61. The highest BCUT2D eigenvalue weighted by Crippen LogP contribution is 2.27. The lowest BCUT2D eigenvalue weighted by Crippen LogP contribution is -2.33. The van der Waals surface area contributed by atoms with Gasteiger partial charge in [-0.05, 0) is 43.4 Å². The van der Waals surface area contributed by atoms with E-state index in [-0.39, 0.29) is 5.41 Å². The lowest BCUT2D eigenvalue weighted by Gasteiger charge is -2.21. The van der Waals surface area contributed by atoms with Crippen LogP contribution in [0.4, 0.5) is 0 Å². The second-order valence-corrected chi connectivity index (χ2v) is 6.47. The lowest BCUT2D eigenvalue weighted by molar-refractivity contribution is -0.661. The van der Waals surface area contributed by atoms with Crippen LogP contribution in [0.3, 0.4) is 0 Å². The summed E-state index contributed by atoms with van der Waals surface area (Å²) < 4.78 is 2.25. The monoisotopic (exact) mass is 268 g/mol. The smallest absolute Gasteiger partial charge is 0.201 e. The van der Waals surface area contributed by atoms with Crippen LogP contribution in [-0.4, -0.2) is 0 Å². The van der Waals surface area contributed by atoms with Gasteiger partial charge in [-0.25, -0.2) is 4.57 Å². The molecule has 0 aliphatic rings. The van der Waals surface area contributed by atoms with Crippen LogP contribution in [0, 0.1) is 13.8 Å². The Balaban J connectivity index is 2.50. The van der Waals surface area contributed by atoms with Crippen LogP contribution in [0.1, 0.15) is 43.9 Å². The summed E-state index contributed by atoms with van der Waals surface area (Å²) in [7, 11) is 2.14. The van der Waals surface area contributed by atoms with Crippen LogP contribution < -0.4 is 4.57 Å². The van der Waals surface area contributed by atoms with Gasteiger partial charge in [0.25, 0.3) is 0 Å². The van der Waals surface area contributed by atoms with Gasteiger partial charge < -0.3 is 0 Å². The largest absolute Gasteiger partial charge is 0.212 e. The molecular formula is C19H26N+. The standard InChI is InChI=1S/C19H26N/c1-7-19(4,5)16-9-11-18(20(6)13-16)17-10-8-14(2)12-15(17)3/h8-13H,7H2,1-6H3/q+1. The summed E-state index contributed by atoms with van der Waals surface area (Å²) in [5.74, 6) is 0. The summed E-state index contributed by atoms with van der Waals surface area (Å²) in [5, 5.41) is 0. The molecule has 1 aromatic heterocycles. The maximum Gasteiger partial charge on any atom is 0.212 e. The second-order valence-electron chi connectivity index (χ2n) is 6.47. The Labute approximate surface area is 123 Å². The van der Waals surface area contributed by atoms with Crippen molar-refractivity contribution in [3.8, 4) is 11.3 Å². The van der Waals surface area contributed by atoms with Crippen molar-refractivity contribution in [2.45, 2.75) is 46.5 Å². The average molecular weight is 268 g/mol. The molecule has 1 heteroatoms. The van der Waals surface area contributed by atoms with Crippen LogP contribution in [-0.2, 0) is 12.5 Å². The van der Waals surface area contributed by atoms with Crippen LogP contribution in [0.5, 0.6) is 0 Å². The molecule has 0 fully saturated rings. The van der Waals surface area contributed by atoms with Crippen molar-refractivity contribution in [3.63, 3.8) is 0 Å². The number of benzene rings is 1. The van der Waals surface area contributed by atoms with E-state index in [0.717, 1.165) is 6.42 Å². The molecule has 0 unspecified atom stereocenters. The van der Waals surface area contributed by atoms with Crippen molar-refractivity contribution >= 4 is 0 Å². The van der Waals surface area contributed by atoms with Crippen molar-refractivity contribution in [2.75, 3.05) is 0 Å². The Morgan fingerprint density at radius 1 is 1.05 bits per heavy atom. The molecule has 2 aromatic rings. The first-order chi connectivity index (χ1) is 9.35. The summed E-state index contributed by atoms with van der Waals surface area (Å²) in [6.45, 7) is 11.2. The molecule has 0 aliphatic heterocycles. The van der Waals surface area contributed by atoms with E-state index < -0.39 is 0 Å². The molecule has 20 heavy (non-hydrogen) atoms. The van der Waals surface area contributed by atoms with Gasteiger partial charge in [0.2, 0.25) is 5.69 Å². The lowest BCUT2D eigenvalue weighted by atomic mass is 9.83. The van der Waals surface area contributed by atoms with Crippen molar-refractivity contribution in [3.05, 3.63) is 53.2 Å². The maximum atomic E-state index is 2.30. The zero-order valence-corrected chi connectivity index (χ0v) is 13.6. The Kier molecular flexibility index (Phi) is 3.99. The molecule has 1 aromatic carbocycles. The van der Waals surface area contributed by atoms with E-state index in [0.29, 0.717) is 0 Å². The number of hydrogen-bond donors (Lipinski definition) is 0. The first-order valence-corrected chi connectivity index (χ1v) is 7.43. The van der Waals surface area contributed by atoms with Crippen molar-refractivity contribution in [2.24, 2.45) is 7.05 Å². The van der Waals surface area contributed by atoms with Crippen LogP contribution in [0.2, 0.25) is 0 Å². The van der Waals surface area contributed by atoms with E-state index in [1.54, 1.807) is 0 Å². The summed E-state index contributed by atoms with van der Waals surface area (Å²) in [6.07, 6.45) is 3.42. The van der Waals surface area contributed by atoms with Gasteiger partial charge in [0.05, 0.1) is 0 Å². The first kappa shape index (κ1) is 14.8. The molecule has 0 spiro atoms. The number of aryl methyl sites for hydroxylation is 3. The molecule has 0 bridgehead atoms. The van der Waals surface area contributed by atoms with Gasteiger partial charge in [-0.2, -0.15) is 0 Å². The number of nitrogens with zero attached hydrogens (tertiary/aromatic N) is 1. The topological polar surface area (TPSA) is 3.88 Å². The highest BCUT2D eigenvalue weighted by Gasteiger charge is 2.22. The van der Waals surface area contributed by atoms with Crippen molar-refractivity contribution < 1.29 is 4.57 Å². The molecule has 0 saturated heterocycles. The van der Waals surface area contributed by atoms with Crippen molar-refractivity contribution in [1.29, 1.82) is 0 Å². The molecule has 2 rings (SSSR count). The fourth-order valence-corrected chi connectivity index (χ4v) is 2.59. The minimum atomic E-state index is 0.235. The number of aromatic nitrogens is 1. The van der Waals surface area contributed by atoms with Crippen molar-refractivity contribution in [1.82, 2.24) is 0 Å². The van der Waals surface area contributed by atoms with E-state index in [9.17, 15) is 0 Å².